The largest absolute Gasteiger partial charge is 0.316 e. The van der Waals surface area contributed by atoms with E-state index in [0.717, 1.165) is 51.6 Å². The van der Waals surface area contributed by atoms with Crippen molar-refractivity contribution in [3.63, 3.8) is 0 Å². The van der Waals surface area contributed by atoms with E-state index in [1.807, 2.05) is 0 Å². The molecule has 0 amide bonds. The molecule has 106 valence electrons. The predicted octanol–water partition coefficient (Wildman–Crippen LogP) is 1.63. The van der Waals surface area contributed by atoms with Gasteiger partial charge in [0.05, 0.1) is 5.75 Å². The Bertz CT molecular complexity index is 329. The van der Waals surface area contributed by atoms with E-state index >= 15 is 0 Å². The van der Waals surface area contributed by atoms with Gasteiger partial charge in [0.15, 0.2) is 0 Å². The Kier molecular flexibility index (Phi) is 5.45. The third kappa shape index (κ3) is 4.86. The molecule has 0 bridgehead atoms. The van der Waals surface area contributed by atoms with Crippen molar-refractivity contribution >= 4 is 10.0 Å². The van der Waals surface area contributed by atoms with Crippen LogP contribution < -0.4 is 10.0 Å². The van der Waals surface area contributed by atoms with Gasteiger partial charge in [0.1, 0.15) is 0 Å². The molecule has 0 aromatic heterocycles. The summed E-state index contributed by atoms with van der Waals surface area (Å²) in [5.41, 5.74) is 0. The van der Waals surface area contributed by atoms with E-state index < -0.39 is 10.0 Å². The standard InChI is InChI=1S/C13H26N2O2S/c16-18(17,11-12-6-5-9-14-10-12)15-13-7-3-1-2-4-8-13/h12-15H,1-11H2. The first kappa shape index (κ1) is 14.3. The first-order valence-corrected chi connectivity index (χ1v) is 9.02. The Labute approximate surface area is 111 Å². The molecule has 1 saturated carbocycles. The van der Waals surface area contributed by atoms with Crippen molar-refractivity contribution in [1.82, 2.24) is 10.0 Å². The van der Waals surface area contributed by atoms with E-state index in [1.165, 1.54) is 12.8 Å². The second kappa shape index (κ2) is 6.87. The number of hydrogen-bond donors (Lipinski definition) is 2. The van der Waals surface area contributed by atoms with E-state index in [0.29, 0.717) is 11.7 Å². The molecule has 1 atom stereocenters. The summed E-state index contributed by atoms with van der Waals surface area (Å²) in [6, 6.07) is 0.189. The van der Waals surface area contributed by atoms with Gasteiger partial charge in [0.25, 0.3) is 0 Å². The zero-order valence-electron chi connectivity index (χ0n) is 11.2. The fraction of sp³-hybridized carbons (Fsp3) is 1.00. The molecule has 4 nitrogen and oxygen atoms in total. The van der Waals surface area contributed by atoms with Gasteiger partial charge in [0, 0.05) is 6.04 Å². The van der Waals surface area contributed by atoms with Gasteiger partial charge < -0.3 is 5.32 Å². The van der Waals surface area contributed by atoms with Crippen molar-refractivity contribution < 1.29 is 8.42 Å². The van der Waals surface area contributed by atoms with Crippen LogP contribution in [0.5, 0.6) is 0 Å². The average Bonchev–Trinajstić information content (AvgIpc) is 2.57. The molecule has 0 aromatic rings. The zero-order valence-corrected chi connectivity index (χ0v) is 12.0. The van der Waals surface area contributed by atoms with Crippen LogP contribution in [0.25, 0.3) is 0 Å². The molecule has 5 heteroatoms. The molecular weight excluding hydrogens is 248 g/mol. The summed E-state index contributed by atoms with van der Waals surface area (Å²) >= 11 is 0. The minimum atomic E-state index is -3.09. The van der Waals surface area contributed by atoms with Gasteiger partial charge in [-0.3, -0.25) is 0 Å². The quantitative estimate of drug-likeness (QED) is 0.766. The number of hydrogen-bond acceptors (Lipinski definition) is 3. The van der Waals surface area contributed by atoms with Crippen LogP contribution in [0.4, 0.5) is 0 Å². The third-order valence-corrected chi connectivity index (χ3v) is 5.66. The van der Waals surface area contributed by atoms with Crippen LogP contribution in [-0.4, -0.2) is 33.3 Å². The first-order chi connectivity index (χ1) is 8.66. The molecule has 1 unspecified atom stereocenters. The summed E-state index contributed by atoms with van der Waals surface area (Å²) in [6.07, 6.45) is 9.01. The normalized spacial score (nSPS) is 27.9. The van der Waals surface area contributed by atoms with Crippen LogP contribution >= 0.6 is 0 Å². The Balaban J connectivity index is 1.81. The van der Waals surface area contributed by atoms with Crippen molar-refractivity contribution in [2.45, 2.75) is 57.4 Å². The van der Waals surface area contributed by atoms with Crippen LogP contribution in [0.15, 0.2) is 0 Å². The maximum absolute atomic E-state index is 12.1. The van der Waals surface area contributed by atoms with Crippen LogP contribution in [0, 0.1) is 5.92 Å². The summed E-state index contributed by atoms with van der Waals surface area (Å²) < 4.78 is 27.2. The molecule has 1 saturated heterocycles. The maximum atomic E-state index is 12.1. The lowest BCUT2D eigenvalue weighted by atomic mass is 10.0. The summed E-state index contributed by atoms with van der Waals surface area (Å²) in [4.78, 5) is 0. The molecule has 2 fully saturated rings. The summed E-state index contributed by atoms with van der Waals surface area (Å²) in [5, 5.41) is 3.28. The number of nitrogens with one attached hydrogen (secondary N) is 2. The third-order valence-electron chi connectivity index (χ3n) is 4.06. The van der Waals surface area contributed by atoms with Gasteiger partial charge in [-0.25, -0.2) is 13.1 Å². The molecule has 1 heterocycles. The van der Waals surface area contributed by atoms with Gasteiger partial charge in [-0.1, -0.05) is 25.7 Å². The molecule has 1 aliphatic carbocycles. The van der Waals surface area contributed by atoms with Gasteiger partial charge in [-0.05, 0) is 44.7 Å². The zero-order chi connectivity index (χ0) is 12.8. The molecular formula is C13H26N2O2S. The van der Waals surface area contributed by atoms with Crippen LogP contribution in [0.1, 0.15) is 51.4 Å². The highest BCUT2D eigenvalue weighted by atomic mass is 32.2. The summed E-state index contributed by atoms with van der Waals surface area (Å²) in [7, 11) is -3.09. The SMILES string of the molecule is O=S(=O)(CC1CCCNC1)NC1CCCCCC1. The maximum Gasteiger partial charge on any atom is 0.212 e. The minimum absolute atomic E-state index is 0.189. The van der Waals surface area contributed by atoms with Crippen molar-refractivity contribution in [2.24, 2.45) is 5.92 Å². The van der Waals surface area contributed by atoms with E-state index in [-0.39, 0.29) is 6.04 Å². The van der Waals surface area contributed by atoms with Gasteiger partial charge >= 0.3 is 0 Å². The number of sulfonamides is 1. The molecule has 2 aliphatic rings. The van der Waals surface area contributed by atoms with Crippen molar-refractivity contribution in [3.8, 4) is 0 Å². The number of rotatable bonds is 4. The number of piperidine rings is 1. The van der Waals surface area contributed by atoms with Crippen molar-refractivity contribution in [1.29, 1.82) is 0 Å². The lowest BCUT2D eigenvalue weighted by Gasteiger charge is -2.24. The molecule has 0 aromatic carbocycles. The van der Waals surface area contributed by atoms with E-state index in [2.05, 4.69) is 10.0 Å². The first-order valence-electron chi connectivity index (χ1n) is 7.36. The Hall–Kier alpha value is -0.130. The fourth-order valence-corrected chi connectivity index (χ4v) is 4.82. The summed E-state index contributed by atoms with van der Waals surface area (Å²) in [6.45, 7) is 1.89. The molecule has 2 N–H and O–H groups in total. The summed E-state index contributed by atoms with van der Waals surface area (Å²) in [5.74, 6) is 0.596. The highest BCUT2D eigenvalue weighted by Gasteiger charge is 2.24. The monoisotopic (exact) mass is 274 g/mol. The Morgan fingerprint density at radius 3 is 2.33 bits per heavy atom. The lowest BCUT2D eigenvalue weighted by Crippen LogP contribution is -2.41. The second-order valence-electron chi connectivity index (χ2n) is 5.80. The van der Waals surface area contributed by atoms with Crippen LogP contribution in [0.3, 0.4) is 0 Å². The topological polar surface area (TPSA) is 58.2 Å². The Morgan fingerprint density at radius 2 is 1.72 bits per heavy atom. The highest BCUT2D eigenvalue weighted by molar-refractivity contribution is 7.89. The molecule has 18 heavy (non-hydrogen) atoms. The van der Waals surface area contributed by atoms with Gasteiger partial charge in [-0.2, -0.15) is 0 Å². The van der Waals surface area contributed by atoms with E-state index in [9.17, 15) is 8.42 Å². The molecule has 0 radical (unpaired) electrons. The van der Waals surface area contributed by atoms with Crippen molar-refractivity contribution in [3.05, 3.63) is 0 Å². The van der Waals surface area contributed by atoms with Gasteiger partial charge in [-0.15, -0.1) is 0 Å². The molecule has 1 aliphatic heterocycles. The molecule has 0 spiro atoms. The van der Waals surface area contributed by atoms with E-state index in [4.69, 9.17) is 0 Å². The second-order valence-corrected chi connectivity index (χ2v) is 7.60. The highest BCUT2D eigenvalue weighted by Crippen LogP contribution is 2.19. The average molecular weight is 274 g/mol. The van der Waals surface area contributed by atoms with Crippen LogP contribution in [0.2, 0.25) is 0 Å². The van der Waals surface area contributed by atoms with E-state index in [1.54, 1.807) is 0 Å². The van der Waals surface area contributed by atoms with Gasteiger partial charge in [0.2, 0.25) is 10.0 Å². The predicted molar refractivity (Wildman–Crippen MR) is 74.0 cm³/mol. The van der Waals surface area contributed by atoms with Crippen molar-refractivity contribution in [2.75, 3.05) is 18.8 Å². The fourth-order valence-electron chi connectivity index (χ4n) is 3.08. The lowest BCUT2D eigenvalue weighted by molar-refractivity contribution is 0.400. The smallest absolute Gasteiger partial charge is 0.212 e. The minimum Gasteiger partial charge on any atom is -0.316 e. The molecule has 2 rings (SSSR count). The Morgan fingerprint density at radius 1 is 1.00 bits per heavy atom. The van der Waals surface area contributed by atoms with Crippen LogP contribution in [-0.2, 0) is 10.0 Å².